The van der Waals surface area contributed by atoms with Crippen LogP contribution in [0.4, 0.5) is 0 Å². The molecule has 6 nitrogen and oxygen atoms in total. The molecule has 0 radical (unpaired) electrons. The van der Waals surface area contributed by atoms with Gasteiger partial charge in [0.15, 0.2) is 0 Å². The molecule has 8 heteroatoms. The number of carbonyl (C=O) groups is 2. The van der Waals surface area contributed by atoms with E-state index in [4.69, 9.17) is 0 Å². The third-order valence-corrected chi connectivity index (χ3v) is 6.93. The largest absolute Gasteiger partial charge is 0.355 e. The summed E-state index contributed by atoms with van der Waals surface area (Å²) in [5, 5.41) is 6.72. The summed E-state index contributed by atoms with van der Waals surface area (Å²) in [6.07, 6.45) is 5.62. The minimum atomic E-state index is -0.0292. The van der Waals surface area contributed by atoms with Crippen LogP contribution >= 0.6 is 21.6 Å². The van der Waals surface area contributed by atoms with Crippen LogP contribution in [0.3, 0.4) is 0 Å². The zero-order valence-electron chi connectivity index (χ0n) is 16.1. The van der Waals surface area contributed by atoms with Gasteiger partial charge in [0.1, 0.15) is 5.03 Å². The first-order chi connectivity index (χ1) is 13.1. The van der Waals surface area contributed by atoms with E-state index in [1.54, 1.807) is 27.8 Å². The van der Waals surface area contributed by atoms with Gasteiger partial charge in [-0.2, -0.15) is 0 Å². The number of nitrogens with zero attached hydrogens (tertiary/aromatic N) is 2. The van der Waals surface area contributed by atoms with Crippen LogP contribution in [-0.2, 0) is 9.59 Å². The Morgan fingerprint density at radius 2 is 1.89 bits per heavy atom. The molecule has 2 atom stereocenters. The summed E-state index contributed by atoms with van der Waals surface area (Å²) in [6, 6.07) is 6.71. The highest BCUT2D eigenvalue weighted by molar-refractivity contribution is 8.76. The van der Waals surface area contributed by atoms with E-state index in [1.807, 2.05) is 18.2 Å². The minimum Gasteiger partial charge on any atom is -0.355 e. The van der Waals surface area contributed by atoms with Gasteiger partial charge in [0.25, 0.3) is 0 Å². The molecule has 0 bridgehead atoms. The fraction of sp³-hybridized carbons (Fsp3) is 0.632. The highest BCUT2D eigenvalue weighted by Gasteiger charge is 2.26. The Morgan fingerprint density at radius 1 is 1.15 bits per heavy atom. The maximum absolute atomic E-state index is 12.1. The monoisotopic (exact) mass is 410 g/mol. The van der Waals surface area contributed by atoms with Crippen molar-refractivity contribution in [3.8, 4) is 0 Å². The molecule has 2 amide bonds. The zero-order valence-corrected chi connectivity index (χ0v) is 17.8. The molecule has 150 valence electrons. The van der Waals surface area contributed by atoms with Gasteiger partial charge in [-0.3, -0.25) is 14.5 Å². The van der Waals surface area contributed by atoms with Gasteiger partial charge < -0.3 is 10.6 Å². The summed E-state index contributed by atoms with van der Waals surface area (Å²) in [5.74, 6) is 0.786. The van der Waals surface area contributed by atoms with Crippen molar-refractivity contribution >= 4 is 33.4 Å². The number of hydrogen-bond acceptors (Lipinski definition) is 6. The van der Waals surface area contributed by atoms with Crippen LogP contribution in [0.2, 0.25) is 0 Å². The molecule has 2 N–H and O–H groups in total. The van der Waals surface area contributed by atoms with Crippen molar-refractivity contribution in [2.45, 2.75) is 56.6 Å². The third-order valence-electron chi connectivity index (χ3n) is 4.67. The van der Waals surface area contributed by atoms with Crippen LogP contribution in [0.1, 0.15) is 39.5 Å². The number of pyridine rings is 1. The molecule has 0 saturated carbocycles. The van der Waals surface area contributed by atoms with Crippen molar-refractivity contribution < 1.29 is 9.59 Å². The molecule has 2 unspecified atom stereocenters. The molecule has 1 fully saturated rings. The van der Waals surface area contributed by atoms with Crippen molar-refractivity contribution in [2.24, 2.45) is 0 Å². The fourth-order valence-electron chi connectivity index (χ4n) is 3.14. The maximum atomic E-state index is 12.1. The maximum Gasteiger partial charge on any atom is 0.234 e. The van der Waals surface area contributed by atoms with Crippen LogP contribution in [0.25, 0.3) is 0 Å². The second-order valence-corrected chi connectivity index (χ2v) is 9.26. The van der Waals surface area contributed by atoms with E-state index in [9.17, 15) is 9.59 Å². The summed E-state index contributed by atoms with van der Waals surface area (Å²) >= 11 is 0. The smallest absolute Gasteiger partial charge is 0.234 e. The molecular formula is C19H30N4O2S2. The second-order valence-electron chi connectivity index (χ2n) is 6.82. The lowest BCUT2D eigenvalue weighted by molar-refractivity contribution is -0.124. The first-order valence-corrected chi connectivity index (χ1v) is 11.9. The summed E-state index contributed by atoms with van der Waals surface area (Å²) in [6.45, 7) is 5.78. The lowest BCUT2D eigenvalue weighted by Gasteiger charge is -2.38. The minimum absolute atomic E-state index is 0.00529. The quantitative estimate of drug-likeness (QED) is 0.456. The number of amides is 2. The van der Waals surface area contributed by atoms with Crippen molar-refractivity contribution in [3.05, 3.63) is 24.4 Å². The van der Waals surface area contributed by atoms with E-state index in [0.29, 0.717) is 38.1 Å². The lowest BCUT2D eigenvalue weighted by atomic mass is 9.97. The van der Waals surface area contributed by atoms with Crippen LogP contribution < -0.4 is 10.6 Å². The molecule has 1 aromatic heterocycles. The number of hydrogen-bond donors (Lipinski definition) is 2. The Bertz CT molecular complexity index is 578. The highest BCUT2D eigenvalue weighted by atomic mass is 33.1. The molecular weight excluding hydrogens is 380 g/mol. The van der Waals surface area contributed by atoms with Crippen LogP contribution in [0.15, 0.2) is 29.4 Å². The topological polar surface area (TPSA) is 74.3 Å². The van der Waals surface area contributed by atoms with E-state index in [-0.39, 0.29) is 11.8 Å². The Labute approximate surface area is 170 Å². The second kappa shape index (κ2) is 12.3. The van der Waals surface area contributed by atoms with Gasteiger partial charge in [-0.25, -0.2) is 4.98 Å². The molecule has 0 spiro atoms. The Morgan fingerprint density at radius 3 is 2.59 bits per heavy atom. The number of piperidine rings is 1. The van der Waals surface area contributed by atoms with E-state index in [2.05, 4.69) is 34.4 Å². The predicted octanol–water partition coefficient (Wildman–Crippen LogP) is 2.71. The molecule has 0 aromatic carbocycles. The standard InChI is InChI=1S/C19H30N4O2S2/c1-15-6-5-7-16(2)23(15)14-18(25)20-11-9-17(24)21-12-13-26-27-19-8-3-4-10-22-19/h3-4,8,10,15-16H,5-7,9,11-14H2,1-2H3,(H,20,25)(H,21,24). The van der Waals surface area contributed by atoms with Gasteiger partial charge in [-0.15, -0.1) is 0 Å². The van der Waals surface area contributed by atoms with Gasteiger partial charge in [0.2, 0.25) is 11.8 Å². The summed E-state index contributed by atoms with van der Waals surface area (Å²) in [4.78, 5) is 30.5. The van der Waals surface area contributed by atoms with Crippen molar-refractivity contribution in [1.29, 1.82) is 0 Å². The number of rotatable bonds is 10. The first kappa shape index (κ1) is 22.0. The molecule has 1 aromatic rings. The van der Waals surface area contributed by atoms with Gasteiger partial charge in [-0.05, 0) is 49.6 Å². The van der Waals surface area contributed by atoms with E-state index in [1.165, 1.54) is 6.42 Å². The normalized spacial score (nSPS) is 20.2. The molecule has 1 saturated heterocycles. The predicted molar refractivity (Wildman–Crippen MR) is 113 cm³/mol. The van der Waals surface area contributed by atoms with Crippen molar-refractivity contribution in [2.75, 3.05) is 25.4 Å². The zero-order chi connectivity index (χ0) is 19.5. The number of aromatic nitrogens is 1. The molecule has 0 aliphatic carbocycles. The van der Waals surface area contributed by atoms with Crippen LogP contribution in [0.5, 0.6) is 0 Å². The van der Waals surface area contributed by atoms with E-state index >= 15 is 0 Å². The molecule has 1 aliphatic heterocycles. The van der Waals surface area contributed by atoms with Crippen molar-refractivity contribution in [3.63, 3.8) is 0 Å². The van der Waals surface area contributed by atoms with Gasteiger partial charge in [0, 0.05) is 43.5 Å². The molecule has 2 rings (SSSR count). The van der Waals surface area contributed by atoms with Gasteiger partial charge >= 0.3 is 0 Å². The summed E-state index contributed by atoms with van der Waals surface area (Å²) in [5.41, 5.74) is 0. The first-order valence-electron chi connectivity index (χ1n) is 9.56. The highest BCUT2D eigenvalue weighted by Crippen LogP contribution is 2.28. The fourth-order valence-corrected chi connectivity index (χ4v) is 4.93. The van der Waals surface area contributed by atoms with E-state index in [0.717, 1.165) is 23.6 Å². The molecule has 27 heavy (non-hydrogen) atoms. The summed E-state index contributed by atoms with van der Waals surface area (Å²) in [7, 11) is 3.26. The van der Waals surface area contributed by atoms with Gasteiger partial charge in [0.05, 0.1) is 6.54 Å². The lowest BCUT2D eigenvalue weighted by Crippen LogP contribution is -2.49. The Balaban J connectivity index is 1.50. The number of likely N-dealkylation sites (tertiary alicyclic amines) is 1. The SMILES string of the molecule is CC1CCCC(C)N1CC(=O)NCCC(=O)NCCSSc1ccccn1. The van der Waals surface area contributed by atoms with Crippen molar-refractivity contribution in [1.82, 2.24) is 20.5 Å². The average Bonchev–Trinajstić information content (AvgIpc) is 2.65. The Kier molecular flexibility index (Phi) is 10.0. The van der Waals surface area contributed by atoms with Crippen LogP contribution in [0, 0.1) is 0 Å². The average molecular weight is 411 g/mol. The number of carbonyl (C=O) groups excluding carboxylic acids is 2. The molecule has 1 aliphatic rings. The van der Waals surface area contributed by atoms with E-state index < -0.39 is 0 Å². The number of nitrogens with one attached hydrogen (secondary N) is 2. The third kappa shape index (κ3) is 8.53. The Hall–Kier alpha value is -1.25. The van der Waals surface area contributed by atoms with Crippen LogP contribution in [-0.4, -0.2) is 59.2 Å². The summed E-state index contributed by atoms with van der Waals surface area (Å²) < 4.78 is 0. The van der Waals surface area contributed by atoms with Gasteiger partial charge in [-0.1, -0.05) is 23.3 Å². The molecule has 2 heterocycles.